The normalized spacial score (nSPS) is 10.5. The fourth-order valence-corrected chi connectivity index (χ4v) is 3.35. The van der Waals surface area contributed by atoms with Gasteiger partial charge in [0.05, 0.1) is 18.7 Å². The lowest BCUT2D eigenvalue weighted by molar-refractivity contribution is 0.0953. The van der Waals surface area contributed by atoms with Gasteiger partial charge in [0.15, 0.2) is 11.5 Å². The molecule has 26 heavy (non-hydrogen) atoms. The summed E-state index contributed by atoms with van der Waals surface area (Å²) in [5.74, 6) is 1.21. The van der Waals surface area contributed by atoms with Crippen molar-refractivity contribution in [2.24, 2.45) is 0 Å². The van der Waals surface area contributed by atoms with Crippen LogP contribution in [0.2, 0.25) is 5.02 Å². The average Bonchev–Trinajstić information content (AvgIpc) is 2.64. The van der Waals surface area contributed by atoms with Crippen molar-refractivity contribution < 1.29 is 18.7 Å². The molecule has 140 valence electrons. The van der Waals surface area contributed by atoms with E-state index >= 15 is 0 Å². The minimum absolute atomic E-state index is 0.222. The van der Waals surface area contributed by atoms with Crippen molar-refractivity contribution in [3.63, 3.8) is 0 Å². The van der Waals surface area contributed by atoms with Gasteiger partial charge in [-0.25, -0.2) is 4.39 Å². The molecule has 0 atom stereocenters. The van der Waals surface area contributed by atoms with Crippen LogP contribution in [0.25, 0.3) is 0 Å². The van der Waals surface area contributed by atoms with Gasteiger partial charge in [0.1, 0.15) is 5.82 Å². The standard InChI is InChI=1S/C19H21ClFNO3S/c1-3-25-18-16(20)11-13(12-17(18)24-2)19(23)22-9-4-10-26-15-7-5-14(21)6-8-15/h5-8,11-12H,3-4,9-10H2,1-2H3,(H,22,23). The fraction of sp³-hybridized carbons (Fsp3) is 0.316. The maximum Gasteiger partial charge on any atom is 0.251 e. The van der Waals surface area contributed by atoms with Crippen LogP contribution in [0.3, 0.4) is 0 Å². The largest absolute Gasteiger partial charge is 0.493 e. The maximum atomic E-state index is 12.8. The third-order valence-electron chi connectivity index (χ3n) is 3.47. The first-order chi connectivity index (χ1) is 12.5. The summed E-state index contributed by atoms with van der Waals surface area (Å²) in [6, 6.07) is 9.54. The molecule has 1 N–H and O–H groups in total. The lowest BCUT2D eigenvalue weighted by atomic mass is 10.2. The second kappa shape index (κ2) is 10.3. The van der Waals surface area contributed by atoms with Crippen LogP contribution in [-0.2, 0) is 0 Å². The van der Waals surface area contributed by atoms with E-state index in [1.807, 2.05) is 6.92 Å². The van der Waals surface area contributed by atoms with E-state index in [9.17, 15) is 9.18 Å². The number of nitrogens with one attached hydrogen (secondary N) is 1. The van der Waals surface area contributed by atoms with E-state index in [0.29, 0.717) is 35.2 Å². The molecule has 0 bridgehead atoms. The zero-order chi connectivity index (χ0) is 18.9. The van der Waals surface area contributed by atoms with Crippen LogP contribution in [0.15, 0.2) is 41.3 Å². The van der Waals surface area contributed by atoms with E-state index in [2.05, 4.69) is 5.32 Å². The summed E-state index contributed by atoms with van der Waals surface area (Å²) >= 11 is 7.80. The molecular weight excluding hydrogens is 377 g/mol. The van der Waals surface area contributed by atoms with E-state index < -0.39 is 0 Å². The summed E-state index contributed by atoms with van der Waals surface area (Å²) in [6.07, 6.45) is 0.787. The van der Waals surface area contributed by atoms with Gasteiger partial charge >= 0.3 is 0 Å². The SMILES string of the molecule is CCOc1c(Cl)cc(C(=O)NCCCSc2ccc(F)cc2)cc1OC. The first kappa shape index (κ1) is 20.4. The molecule has 0 unspecified atom stereocenters. The zero-order valence-electron chi connectivity index (χ0n) is 14.7. The number of halogens is 2. The summed E-state index contributed by atoms with van der Waals surface area (Å²) < 4.78 is 23.5. The summed E-state index contributed by atoms with van der Waals surface area (Å²) in [5.41, 5.74) is 0.418. The molecule has 0 spiro atoms. The van der Waals surface area contributed by atoms with E-state index in [0.717, 1.165) is 17.1 Å². The molecule has 0 fully saturated rings. The topological polar surface area (TPSA) is 47.6 Å². The molecule has 0 saturated heterocycles. The van der Waals surface area contributed by atoms with Crippen molar-refractivity contribution in [3.8, 4) is 11.5 Å². The molecule has 1 amide bonds. The Morgan fingerprint density at radius 2 is 2.00 bits per heavy atom. The Balaban J connectivity index is 1.83. The molecule has 0 heterocycles. The molecule has 0 saturated carbocycles. The summed E-state index contributed by atoms with van der Waals surface area (Å²) in [5, 5.41) is 3.19. The predicted molar refractivity (Wildman–Crippen MR) is 103 cm³/mol. The summed E-state index contributed by atoms with van der Waals surface area (Å²) in [4.78, 5) is 13.3. The van der Waals surface area contributed by atoms with Crippen molar-refractivity contribution in [2.75, 3.05) is 26.0 Å². The molecule has 4 nitrogen and oxygen atoms in total. The minimum Gasteiger partial charge on any atom is -0.493 e. The van der Waals surface area contributed by atoms with Crippen molar-refractivity contribution in [2.45, 2.75) is 18.2 Å². The Morgan fingerprint density at radius 3 is 2.65 bits per heavy atom. The number of hydrogen-bond acceptors (Lipinski definition) is 4. The zero-order valence-corrected chi connectivity index (χ0v) is 16.3. The molecule has 0 aliphatic rings. The van der Waals surface area contributed by atoms with Gasteiger partial charge in [-0.05, 0) is 55.5 Å². The molecule has 0 radical (unpaired) electrons. The van der Waals surface area contributed by atoms with Gasteiger partial charge in [-0.2, -0.15) is 0 Å². The highest BCUT2D eigenvalue weighted by molar-refractivity contribution is 7.99. The Labute approximate surface area is 162 Å². The number of rotatable bonds is 9. The molecule has 0 aliphatic carbocycles. The van der Waals surface area contributed by atoms with Gasteiger partial charge in [0.25, 0.3) is 5.91 Å². The van der Waals surface area contributed by atoms with Gasteiger partial charge in [-0.3, -0.25) is 4.79 Å². The number of thioether (sulfide) groups is 1. The molecule has 2 aromatic rings. The number of ether oxygens (including phenoxy) is 2. The van der Waals surface area contributed by atoms with E-state index in [-0.39, 0.29) is 11.7 Å². The molecule has 0 aromatic heterocycles. The summed E-state index contributed by atoms with van der Waals surface area (Å²) in [7, 11) is 1.50. The lowest BCUT2D eigenvalue weighted by Gasteiger charge is -2.13. The lowest BCUT2D eigenvalue weighted by Crippen LogP contribution is -2.24. The van der Waals surface area contributed by atoms with Gasteiger partial charge in [-0.15, -0.1) is 11.8 Å². The Morgan fingerprint density at radius 1 is 1.27 bits per heavy atom. The number of carbonyl (C=O) groups excluding carboxylic acids is 1. The third kappa shape index (κ3) is 5.81. The molecule has 2 aromatic carbocycles. The Hall–Kier alpha value is -1.92. The van der Waals surface area contributed by atoms with Crippen LogP contribution in [0, 0.1) is 5.82 Å². The number of methoxy groups -OCH3 is 1. The second-order valence-corrected chi connectivity index (χ2v) is 6.91. The first-order valence-corrected chi connectivity index (χ1v) is 9.58. The van der Waals surface area contributed by atoms with Gasteiger partial charge in [0, 0.05) is 17.0 Å². The van der Waals surface area contributed by atoms with Crippen LogP contribution in [0.1, 0.15) is 23.7 Å². The third-order valence-corrected chi connectivity index (χ3v) is 4.85. The van der Waals surface area contributed by atoms with Gasteiger partial charge in [0.2, 0.25) is 0 Å². The van der Waals surface area contributed by atoms with Crippen molar-refractivity contribution in [1.29, 1.82) is 0 Å². The molecular formula is C19H21ClFNO3S. The maximum absolute atomic E-state index is 12.8. The van der Waals surface area contributed by atoms with Crippen molar-refractivity contribution in [3.05, 3.63) is 52.8 Å². The van der Waals surface area contributed by atoms with E-state index in [1.165, 1.54) is 19.2 Å². The number of hydrogen-bond donors (Lipinski definition) is 1. The highest BCUT2D eigenvalue weighted by Crippen LogP contribution is 2.36. The minimum atomic E-state index is -0.244. The van der Waals surface area contributed by atoms with Crippen LogP contribution in [0.4, 0.5) is 4.39 Å². The van der Waals surface area contributed by atoms with E-state index in [4.69, 9.17) is 21.1 Å². The summed E-state index contributed by atoms with van der Waals surface area (Å²) in [6.45, 7) is 2.83. The predicted octanol–water partition coefficient (Wildman–Crippen LogP) is 4.80. The first-order valence-electron chi connectivity index (χ1n) is 8.22. The highest BCUT2D eigenvalue weighted by atomic mass is 35.5. The smallest absolute Gasteiger partial charge is 0.251 e. The number of amides is 1. The van der Waals surface area contributed by atoms with Crippen LogP contribution < -0.4 is 14.8 Å². The van der Waals surface area contributed by atoms with Crippen molar-refractivity contribution in [1.82, 2.24) is 5.32 Å². The monoisotopic (exact) mass is 397 g/mol. The molecule has 7 heteroatoms. The Kier molecular flexibility index (Phi) is 8.06. The highest BCUT2D eigenvalue weighted by Gasteiger charge is 2.15. The van der Waals surface area contributed by atoms with Gasteiger partial charge < -0.3 is 14.8 Å². The average molecular weight is 398 g/mol. The van der Waals surface area contributed by atoms with Crippen LogP contribution in [0.5, 0.6) is 11.5 Å². The molecule has 2 rings (SSSR count). The van der Waals surface area contributed by atoms with Crippen LogP contribution in [-0.4, -0.2) is 31.9 Å². The Bertz CT molecular complexity index is 740. The van der Waals surface area contributed by atoms with Gasteiger partial charge in [-0.1, -0.05) is 11.6 Å². The second-order valence-electron chi connectivity index (χ2n) is 5.33. The number of carbonyl (C=O) groups is 1. The van der Waals surface area contributed by atoms with Crippen LogP contribution >= 0.6 is 23.4 Å². The number of benzene rings is 2. The molecule has 0 aliphatic heterocycles. The fourth-order valence-electron chi connectivity index (χ4n) is 2.23. The van der Waals surface area contributed by atoms with Crippen molar-refractivity contribution >= 4 is 29.3 Å². The van der Waals surface area contributed by atoms with E-state index in [1.54, 1.807) is 36.0 Å². The quantitative estimate of drug-likeness (QED) is 0.487.